The van der Waals surface area contributed by atoms with Crippen molar-refractivity contribution in [3.05, 3.63) is 30.3 Å². The highest BCUT2D eigenvalue weighted by Crippen LogP contribution is 2.31. The summed E-state index contributed by atoms with van der Waals surface area (Å²) in [5.74, 6) is -1.67. The monoisotopic (exact) mass is 398 g/mol. The van der Waals surface area contributed by atoms with Gasteiger partial charge in [0.15, 0.2) is 24.6 Å². The van der Waals surface area contributed by atoms with E-state index >= 15 is 0 Å². The number of carbonyl (C=O) groups excluding carboxylic acids is 3. The third kappa shape index (κ3) is 6.23. The predicted octanol–water partition coefficient (Wildman–Crippen LogP) is 1.29. The molecular formula is C18H22O8S. The number of aliphatic hydroxyl groups excluding tert-OH is 1. The minimum absolute atomic E-state index is 0.309. The minimum Gasteiger partial charge on any atom is -0.456 e. The summed E-state index contributed by atoms with van der Waals surface area (Å²) in [4.78, 5) is 35.4. The lowest BCUT2D eigenvalue weighted by molar-refractivity contribution is -0.287. The Morgan fingerprint density at radius 2 is 1.44 bits per heavy atom. The molecule has 1 heterocycles. The second-order valence-corrected chi connectivity index (χ2v) is 7.00. The van der Waals surface area contributed by atoms with Crippen LogP contribution < -0.4 is 0 Å². The molecule has 0 radical (unpaired) electrons. The molecule has 1 fully saturated rings. The summed E-state index contributed by atoms with van der Waals surface area (Å²) in [6, 6.07) is 9.43. The van der Waals surface area contributed by atoms with Gasteiger partial charge >= 0.3 is 17.9 Å². The molecule has 1 saturated heterocycles. The number of aliphatic hydroxyl groups is 1. The van der Waals surface area contributed by atoms with Crippen LogP contribution in [0, 0.1) is 0 Å². The average molecular weight is 398 g/mol. The molecule has 1 aliphatic rings. The van der Waals surface area contributed by atoms with E-state index < -0.39 is 48.6 Å². The Kier molecular flexibility index (Phi) is 7.64. The van der Waals surface area contributed by atoms with Crippen molar-refractivity contribution in [2.45, 2.75) is 56.4 Å². The van der Waals surface area contributed by atoms with E-state index in [9.17, 15) is 19.5 Å². The highest BCUT2D eigenvalue weighted by molar-refractivity contribution is 7.99. The topological polar surface area (TPSA) is 108 Å². The molecule has 0 bridgehead atoms. The SMILES string of the molecule is CC(=O)O[C@@H]1[C@@H](OC(C)=O)[C@H](O)O[C@H](CSc2ccccc2)[C@@H]1OC(C)=O. The van der Waals surface area contributed by atoms with Crippen LogP contribution in [-0.4, -0.2) is 59.5 Å². The Bertz CT molecular complexity index is 665. The van der Waals surface area contributed by atoms with Gasteiger partial charge in [0, 0.05) is 31.4 Å². The van der Waals surface area contributed by atoms with Gasteiger partial charge in [-0.05, 0) is 12.1 Å². The molecule has 0 spiro atoms. The Morgan fingerprint density at radius 3 is 2.00 bits per heavy atom. The van der Waals surface area contributed by atoms with E-state index in [4.69, 9.17) is 18.9 Å². The first kappa shape index (κ1) is 21.2. The number of esters is 3. The van der Waals surface area contributed by atoms with E-state index in [-0.39, 0.29) is 0 Å². The number of hydrogen-bond donors (Lipinski definition) is 1. The highest BCUT2D eigenvalue weighted by Gasteiger charge is 2.51. The van der Waals surface area contributed by atoms with Crippen LogP contribution in [0.25, 0.3) is 0 Å². The number of hydrogen-bond acceptors (Lipinski definition) is 9. The maximum atomic E-state index is 11.6. The fraction of sp³-hybridized carbons (Fsp3) is 0.500. The summed E-state index contributed by atoms with van der Waals surface area (Å²) in [5.41, 5.74) is 0. The van der Waals surface area contributed by atoms with Gasteiger partial charge in [-0.2, -0.15) is 0 Å². The van der Waals surface area contributed by atoms with Crippen molar-refractivity contribution < 1.29 is 38.4 Å². The van der Waals surface area contributed by atoms with Gasteiger partial charge in [0.1, 0.15) is 6.10 Å². The summed E-state index contributed by atoms with van der Waals surface area (Å²) in [7, 11) is 0. The van der Waals surface area contributed by atoms with Crippen LogP contribution >= 0.6 is 11.8 Å². The quantitative estimate of drug-likeness (QED) is 0.431. The standard InChI is InChI=1S/C18H22O8S/c1-10(19)23-15-14(9-27-13-7-5-4-6-8-13)26-18(22)17(25-12(3)21)16(15)24-11(2)20/h4-8,14-18,22H,9H2,1-3H3/t14-,15+,16+,17-,18-/m1/s1. The van der Waals surface area contributed by atoms with Crippen LogP contribution in [0.15, 0.2) is 35.2 Å². The fourth-order valence-electron chi connectivity index (χ4n) is 2.70. The van der Waals surface area contributed by atoms with Crippen molar-refractivity contribution >= 4 is 29.7 Å². The smallest absolute Gasteiger partial charge is 0.303 e. The first-order chi connectivity index (χ1) is 12.8. The molecule has 0 aromatic heterocycles. The zero-order valence-corrected chi connectivity index (χ0v) is 16.0. The van der Waals surface area contributed by atoms with Crippen molar-refractivity contribution in [3.63, 3.8) is 0 Å². The number of thioether (sulfide) groups is 1. The zero-order chi connectivity index (χ0) is 20.0. The molecule has 1 aromatic rings. The summed E-state index contributed by atoms with van der Waals surface area (Å²) in [6.45, 7) is 3.53. The summed E-state index contributed by atoms with van der Waals surface area (Å²) >= 11 is 1.42. The average Bonchev–Trinajstić information content (AvgIpc) is 2.59. The van der Waals surface area contributed by atoms with Gasteiger partial charge in [0.2, 0.25) is 0 Å². The van der Waals surface area contributed by atoms with E-state index in [0.717, 1.165) is 11.8 Å². The van der Waals surface area contributed by atoms with E-state index in [1.165, 1.54) is 25.6 Å². The third-order valence-corrected chi connectivity index (χ3v) is 4.77. The van der Waals surface area contributed by atoms with Crippen molar-refractivity contribution in [3.8, 4) is 0 Å². The maximum absolute atomic E-state index is 11.6. The predicted molar refractivity (Wildman–Crippen MR) is 94.7 cm³/mol. The Morgan fingerprint density at radius 1 is 0.926 bits per heavy atom. The van der Waals surface area contributed by atoms with Gasteiger partial charge in [0.05, 0.1) is 0 Å². The van der Waals surface area contributed by atoms with Crippen molar-refractivity contribution in [2.75, 3.05) is 5.75 Å². The highest BCUT2D eigenvalue weighted by atomic mass is 32.2. The van der Waals surface area contributed by atoms with E-state index in [2.05, 4.69) is 0 Å². The second kappa shape index (κ2) is 9.72. The normalized spacial score (nSPS) is 27.5. The lowest BCUT2D eigenvalue weighted by Crippen LogP contribution is -2.61. The number of rotatable bonds is 6. The van der Waals surface area contributed by atoms with Gasteiger partial charge in [-0.15, -0.1) is 11.8 Å². The van der Waals surface area contributed by atoms with Gasteiger partial charge in [-0.3, -0.25) is 14.4 Å². The zero-order valence-electron chi connectivity index (χ0n) is 15.2. The molecule has 0 aliphatic carbocycles. The van der Waals surface area contributed by atoms with Crippen LogP contribution in [0.2, 0.25) is 0 Å². The molecule has 1 N–H and O–H groups in total. The minimum atomic E-state index is -1.54. The Hall–Kier alpha value is -2.10. The van der Waals surface area contributed by atoms with Crippen LogP contribution in [0.5, 0.6) is 0 Å². The van der Waals surface area contributed by atoms with Gasteiger partial charge in [-0.1, -0.05) is 18.2 Å². The third-order valence-electron chi connectivity index (χ3n) is 3.67. The molecular weight excluding hydrogens is 376 g/mol. The molecule has 1 aliphatic heterocycles. The van der Waals surface area contributed by atoms with Crippen LogP contribution in [0.4, 0.5) is 0 Å². The van der Waals surface area contributed by atoms with E-state index in [1.807, 2.05) is 30.3 Å². The maximum Gasteiger partial charge on any atom is 0.303 e. The number of ether oxygens (including phenoxy) is 4. The second-order valence-electron chi connectivity index (χ2n) is 5.91. The number of benzene rings is 1. The van der Waals surface area contributed by atoms with E-state index in [1.54, 1.807) is 0 Å². The lowest BCUT2D eigenvalue weighted by atomic mass is 9.99. The van der Waals surface area contributed by atoms with Crippen LogP contribution in [0.3, 0.4) is 0 Å². The fourth-order valence-corrected chi connectivity index (χ4v) is 3.68. The molecule has 0 amide bonds. The van der Waals surface area contributed by atoms with Gasteiger partial charge < -0.3 is 24.1 Å². The molecule has 8 nitrogen and oxygen atoms in total. The molecule has 0 unspecified atom stereocenters. The van der Waals surface area contributed by atoms with Crippen LogP contribution in [-0.2, 0) is 33.3 Å². The summed E-state index contributed by atoms with van der Waals surface area (Å²) in [5, 5.41) is 10.3. The van der Waals surface area contributed by atoms with E-state index in [0.29, 0.717) is 5.75 Å². The summed E-state index contributed by atoms with van der Waals surface area (Å²) in [6.07, 6.45) is -5.87. The molecule has 5 atom stereocenters. The molecule has 0 saturated carbocycles. The van der Waals surface area contributed by atoms with Crippen molar-refractivity contribution in [2.24, 2.45) is 0 Å². The van der Waals surface area contributed by atoms with Crippen LogP contribution in [0.1, 0.15) is 20.8 Å². The first-order valence-corrected chi connectivity index (χ1v) is 9.29. The molecule has 2 rings (SSSR count). The first-order valence-electron chi connectivity index (χ1n) is 8.31. The largest absolute Gasteiger partial charge is 0.456 e. The Labute approximate surface area is 161 Å². The van der Waals surface area contributed by atoms with Crippen molar-refractivity contribution in [1.29, 1.82) is 0 Å². The molecule has 27 heavy (non-hydrogen) atoms. The molecule has 148 valence electrons. The van der Waals surface area contributed by atoms with Gasteiger partial charge in [0.25, 0.3) is 0 Å². The van der Waals surface area contributed by atoms with Crippen molar-refractivity contribution in [1.82, 2.24) is 0 Å². The Balaban J connectivity index is 2.24. The summed E-state index contributed by atoms with van der Waals surface area (Å²) < 4.78 is 21.1. The lowest BCUT2D eigenvalue weighted by Gasteiger charge is -2.42. The number of carbonyl (C=O) groups is 3. The van der Waals surface area contributed by atoms with Gasteiger partial charge in [-0.25, -0.2) is 0 Å². The molecule has 9 heteroatoms. The molecule has 1 aromatic carbocycles.